The summed E-state index contributed by atoms with van der Waals surface area (Å²) in [5.41, 5.74) is 0.893. The zero-order chi connectivity index (χ0) is 13.2. The molecule has 1 saturated heterocycles. The molecule has 0 aromatic heterocycles. The van der Waals surface area contributed by atoms with Crippen LogP contribution >= 0.6 is 0 Å². The van der Waals surface area contributed by atoms with Gasteiger partial charge in [-0.1, -0.05) is 6.92 Å². The molecule has 1 aliphatic heterocycles. The van der Waals surface area contributed by atoms with E-state index in [4.69, 9.17) is 0 Å². The highest BCUT2D eigenvalue weighted by atomic mass is 19.1. The summed E-state index contributed by atoms with van der Waals surface area (Å²) in [6.45, 7) is 5.32. The van der Waals surface area contributed by atoms with E-state index in [0.29, 0.717) is 11.3 Å². The van der Waals surface area contributed by atoms with Crippen molar-refractivity contribution >= 4 is 11.6 Å². The molecular weight excluding hydrogens is 231 g/mol. The Kier molecular flexibility index (Phi) is 3.66. The fourth-order valence-electron chi connectivity index (χ4n) is 2.39. The van der Waals surface area contributed by atoms with Crippen LogP contribution in [0.3, 0.4) is 0 Å². The van der Waals surface area contributed by atoms with Gasteiger partial charge in [0.05, 0.1) is 5.41 Å². The van der Waals surface area contributed by atoms with Crippen LogP contribution in [0.1, 0.15) is 25.3 Å². The van der Waals surface area contributed by atoms with Gasteiger partial charge < -0.3 is 10.6 Å². The van der Waals surface area contributed by atoms with Gasteiger partial charge in [0.15, 0.2) is 0 Å². The molecule has 1 amide bonds. The van der Waals surface area contributed by atoms with Crippen molar-refractivity contribution in [3.05, 3.63) is 29.6 Å². The van der Waals surface area contributed by atoms with Crippen LogP contribution in [0.2, 0.25) is 0 Å². The van der Waals surface area contributed by atoms with Crippen molar-refractivity contribution in [3.63, 3.8) is 0 Å². The number of rotatable bonds is 3. The van der Waals surface area contributed by atoms with Crippen LogP contribution in [-0.2, 0) is 4.79 Å². The van der Waals surface area contributed by atoms with E-state index in [9.17, 15) is 9.18 Å². The Bertz CT molecular complexity index is 453. The first-order valence-corrected chi connectivity index (χ1v) is 6.36. The summed E-state index contributed by atoms with van der Waals surface area (Å²) in [7, 11) is 0. The number of amides is 1. The Morgan fingerprint density at radius 2 is 2.33 bits per heavy atom. The minimum atomic E-state index is -0.317. The summed E-state index contributed by atoms with van der Waals surface area (Å²) in [6, 6.07) is 4.65. The summed E-state index contributed by atoms with van der Waals surface area (Å²) >= 11 is 0. The predicted octanol–water partition coefficient (Wildman–Crippen LogP) is 2.46. The van der Waals surface area contributed by atoms with E-state index in [2.05, 4.69) is 10.6 Å². The summed E-state index contributed by atoms with van der Waals surface area (Å²) in [5.74, 6) is -0.221. The fourth-order valence-corrected chi connectivity index (χ4v) is 2.39. The van der Waals surface area contributed by atoms with Crippen LogP contribution in [-0.4, -0.2) is 19.0 Å². The molecule has 0 aliphatic carbocycles. The lowest BCUT2D eigenvalue weighted by atomic mass is 9.83. The maximum Gasteiger partial charge on any atom is 0.231 e. The first-order chi connectivity index (χ1) is 8.57. The van der Waals surface area contributed by atoms with E-state index in [-0.39, 0.29) is 17.1 Å². The highest BCUT2D eigenvalue weighted by molar-refractivity contribution is 5.95. The quantitative estimate of drug-likeness (QED) is 0.865. The minimum absolute atomic E-state index is 0.0287. The third-order valence-corrected chi connectivity index (χ3v) is 3.82. The zero-order valence-corrected chi connectivity index (χ0v) is 10.8. The molecule has 0 bridgehead atoms. The van der Waals surface area contributed by atoms with E-state index in [1.54, 1.807) is 19.1 Å². The van der Waals surface area contributed by atoms with Gasteiger partial charge in [-0.3, -0.25) is 4.79 Å². The molecule has 2 rings (SSSR count). The summed E-state index contributed by atoms with van der Waals surface area (Å²) in [6.07, 6.45) is 1.67. The molecule has 1 unspecified atom stereocenters. The number of carbonyl (C=O) groups is 1. The molecule has 0 spiro atoms. The van der Waals surface area contributed by atoms with Gasteiger partial charge in [-0.2, -0.15) is 0 Å². The van der Waals surface area contributed by atoms with E-state index >= 15 is 0 Å². The van der Waals surface area contributed by atoms with Crippen LogP contribution in [0, 0.1) is 18.2 Å². The van der Waals surface area contributed by atoms with E-state index in [0.717, 1.165) is 25.9 Å². The van der Waals surface area contributed by atoms with Gasteiger partial charge in [0, 0.05) is 12.2 Å². The molecule has 1 heterocycles. The molecular formula is C14H19FN2O. The Morgan fingerprint density at radius 1 is 1.56 bits per heavy atom. The molecule has 2 N–H and O–H groups in total. The van der Waals surface area contributed by atoms with Crippen molar-refractivity contribution in [2.75, 3.05) is 18.4 Å². The van der Waals surface area contributed by atoms with Crippen molar-refractivity contribution in [2.45, 2.75) is 26.7 Å². The third-order valence-electron chi connectivity index (χ3n) is 3.82. The van der Waals surface area contributed by atoms with Crippen molar-refractivity contribution < 1.29 is 9.18 Å². The molecule has 3 nitrogen and oxygen atoms in total. The molecule has 98 valence electrons. The number of aryl methyl sites for hydroxylation is 1. The van der Waals surface area contributed by atoms with Gasteiger partial charge in [-0.05, 0) is 50.1 Å². The molecule has 18 heavy (non-hydrogen) atoms. The zero-order valence-electron chi connectivity index (χ0n) is 10.8. The number of halogens is 1. The number of carbonyl (C=O) groups excluding carboxylic acids is 1. The lowest BCUT2D eigenvalue weighted by molar-refractivity contribution is -0.124. The number of nitrogens with one attached hydrogen (secondary N) is 2. The minimum Gasteiger partial charge on any atom is -0.326 e. The van der Waals surface area contributed by atoms with Gasteiger partial charge in [0.1, 0.15) is 5.82 Å². The lowest BCUT2D eigenvalue weighted by Gasteiger charge is -2.25. The average molecular weight is 250 g/mol. The van der Waals surface area contributed by atoms with Crippen molar-refractivity contribution in [1.29, 1.82) is 0 Å². The standard InChI is InChI=1S/C14H19FN2O/c1-3-14(6-7-16-9-14)13(18)17-11-4-5-12(15)10(2)8-11/h4-5,8,16H,3,6-7,9H2,1-2H3,(H,17,18). The summed E-state index contributed by atoms with van der Waals surface area (Å²) < 4.78 is 13.2. The number of hydrogen-bond acceptors (Lipinski definition) is 2. The largest absolute Gasteiger partial charge is 0.326 e. The second-order valence-corrected chi connectivity index (χ2v) is 4.98. The number of anilines is 1. The Balaban J connectivity index is 2.13. The van der Waals surface area contributed by atoms with Crippen molar-refractivity contribution in [2.24, 2.45) is 5.41 Å². The van der Waals surface area contributed by atoms with Gasteiger partial charge >= 0.3 is 0 Å². The topological polar surface area (TPSA) is 41.1 Å². The molecule has 0 radical (unpaired) electrons. The smallest absolute Gasteiger partial charge is 0.231 e. The van der Waals surface area contributed by atoms with Gasteiger partial charge in [-0.15, -0.1) is 0 Å². The highest BCUT2D eigenvalue weighted by Gasteiger charge is 2.39. The van der Waals surface area contributed by atoms with Crippen LogP contribution in [0.15, 0.2) is 18.2 Å². The molecule has 0 saturated carbocycles. The number of hydrogen-bond donors (Lipinski definition) is 2. The Labute approximate surface area is 107 Å². The molecule has 4 heteroatoms. The van der Waals surface area contributed by atoms with Gasteiger partial charge in [0.25, 0.3) is 0 Å². The van der Waals surface area contributed by atoms with Crippen LogP contribution in [0.5, 0.6) is 0 Å². The molecule has 1 aromatic carbocycles. The fraction of sp³-hybridized carbons (Fsp3) is 0.500. The average Bonchev–Trinajstić information content (AvgIpc) is 2.84. The predicted molar refractivity (Wildman–Crippen MR) is 70.0 cm³/mol. The third kappa shape index (κ3) is 2.38. The van der Waals surface area contributed by atoms with Crippen molar-refractivity contribution in [1.82, 2.24) is 5.32 Å². The van der Waals surface area contributed by atoms with E-state index in [1.165, 1.54) is 6.07 Å². The SMILES string of the molecule is CCC1(C(=O)Nc2ccc(F)c(C)c2)CCNC1. The summed E-state index contributed by atoms with van der Waals surface area (Å²) in [5, 5.41) is 6.13. The first-order valence-electron chi connectivity index (χ1n) is 6.36. The Morgan fingerprint density at radius 3 is 2.89 bits per heavy atom. The maximum absolute atomic E-state index is 13.2. The van der Waals surface area contributed by atoms with E-state index in [1.807, 2.05) is 6.92 Å². The molecule has 1 atom stereocenters. The number of benzene rings is 1. The van der Waals surface area contributed by atoms with Gasteiger partial charge in [-0.25, -0.2) is 4.39 Å². The van der Waals surface area contributed by atoms with E-state index < -0.39 is 0 Å². The van der Waals surface area contributed by atoms with Gasteiger partial charge in [0.2, 0.25) is 5.91 Å². The van der Waals surface area contributed by atoms with Crippen LogP contribution in [0.4, 0.5) is 10.1 Å². The molecule has 1 aromatic rings. The lowest BCUT2D eigenvalue weighted by Crippen LogP contribution is -2.37. The molecule has 1 fully saturated rings. The molecule has 1 aliphatic rings. The maximum atomic E-state index is 13.2. The second-order valence-electron chi connectivity index (χ2n) is 4.98. The van der Waals surface area contributed by atoms with Crippen LogP contribution in [0.25, 0.3) is 0 Å². The first kappa shape index (κ1) is 13.0. The van der Waals surface area contributed by atoms with Crippen molar-refractivity contribution in [3.8, 4) is 0 Å². The van der Waals surface area contributed by atoms with Crippen LogP contribution < -0.4 is 10.6 Å². The normalized spacial score (nSPS) is 23.1. The summed E-state index contributed by atoms with van der Waals surface area (Å²) in [4.78, 5) is 12.3. The highest BCUT2D eigenvalue weighted by Crippen LogP contribution is 2.31. The Hall–Kier alpha value is -1.42. The monoisotopic (exact) mass is 250 g/mol. The second kappa shape index (κ2) is 5.06.